The fourth-order valence-electron chi connectivity index (χ4n) is 1.09. The minimum Gasteiger partial charge on any atom is -0.396 e. The Morgan fingerprint density at radius 1 is 1.62 bits per heavy atom. The average Bonchev–Trinajstić information content (AvgIpc) is 2.65. The Morgan fingerprint density at radius 3 is 2.56 bits per heavy atom. The molecular formula is C9H15ClN2O3S. The van der Waals surface area contributed by atoms with Gasteiger partial charge in [-0.1, -0.05) is 25.2 Å². The molecule has 5 nitrogen and oxygen atoms in total. The Hall–Kier alpha value is -0.690. The molecule has 16 heavy (non-hydrogen) atoms. The van der Waals surface area contributed by atoms with E-state index in [1.165, 1.54) is 6.07 Å². The molecule has 0 fully saturated rings. The normalized spacial score (nSPS) is 13.0. The Labute approximate surface area is 104 Å². The molecule has 0 amide bonds. The number of hydrogen-bond acceptors (Lipinski definition) is 5. The third-order valence-electron chi connectivity index (χ3n) is 2.35. The van der Waals surface area contributed by atoms with Gasteiger partial charge in [0.2, 0.25) is 0 Å². The van der Waals surface area contributed by atoms with Crippen molar-refractivity contribution >= 4 is 28.7 Å². The van der Waals surface area contributed by atoms with Crippen LogP contribution in [0.15, 0.2) is 12.1 Å². The number of nitrogens with two attached hydrogens (primary N) is 1. The van der Waals surface area contributed by atoms with Crippen molar-refractivity contribution in [2.45, 2.75) is 19.9 Å². The molecule has 0 saturated carbocycles. The van der Waals surface area contributed by atoms with E-state index in [9.17, 15) is 10.1 Å². The Bertz CT molecular complexity index is 367. The van der Waals surface area contributed by atoms with Crippen molar-refractivity contribution in [3.8, 4) is 0 Å². The molecule has 0 radical (unpaired) electrons. The van der Waals surface area contributed by atoms with Gasteiger partial charge in [0.05, 0.1) is 11.5 Å². The summed E-state index contributed by atoms with van der Waals surface area (Å²) in [6.45, 7) is 3.59. The van der Waals surface area contributed by atoms with Crippen LogP contribution in [0.2, 0.25) is 0 Å². The van der Waals surface area contributed by atoms with Gasteiger partial charge in [0.25, 0.3) is 0 Å². The maximum absolute atomic E-state index is 10.5. The summed E-state index contributed by atoms with van der Waals surface area (Å²) < 4.78 is 0. The maximum Gasteiger partial charge on any atom is 0.324 e. The summed E-state index contributed by atoms with van der Waals surface area (Å²) in [4.78, 5) is 10.8. The molecular weight excluding hydrogens is 252 g/mol. The third-order valence-corrected chi connectivity index (χ3v) is 3.47. The minimum atomic E-state index is -0.473. The van der Waals surface area contributed by atoms with Crippen LogP contribution in [0.25, 0.3) is 0 Å². The van der Waals surface area contributed by atoms with Gasteiger partial charge < -0.3 is 10.8 Å². The molecule has 1 rings (SSSR count). The van der Waals surface area contributed by atoms with Gasteiger partial charge in [-0.25, -0.2) is 0 Å². The van der Waals surface area contributed by atoms with Crippen molar-refractivity contribution in [3.05, 3.63) is 27.1 Å². The van der Waals surface area contributed by atoms with Gasteiger partial charge in [-0.05, 0) is 6.07 Å². The topological polar surface area (TPSA) is 89.4 Å². The zero-order valence-corrected chi connectivity index (χ0v) is 10.7. The van der Waals surface area contributed by atoms with Crippen molar-refractivity contribution in [2.75, 3.05) is 6.61 Å². The van der Waals surface area contributed by atoms with Crippen LogP contribution < -0.4 is 5.73 Å². The van der Waals surface area contributed by atoms with Crippen LogP contribution in [-0.2, 0) is 0 Å². The molecule has 3 N–H and O–H groups in total. The Morgan fingerprint density at radius 2 is 2.19 bits per heavy atom. The van der Waals surface area contributed by atoms with E-state index in [1.807, 2.05) is 13.8 Å². The van der Waals surface area contributed by atoms with Crippen molar-refractivity contribution in [3.63, 3.8) is 0 Å². The van der Waals surface area contributed by atoms with Gasteiger partial charge in [-0.3, -0.25) is 10.1 Å². The summed E-state index contributed by atoms with van der Waals surface area (Å²) in [5, 5.41) is 19.7. The van der Waals surface area contributed by atoms with Gasteiger partial charge in [0.15, 0.2) is 0 Å². The van der Waals surface area contributed by atoms with Crippen molar-refractivity contribution in [1.82, 2.24) is 0 Å². The molecule has 0 aliphatic rings. The second kappa shape index (κ2) is 5.58. The van der Waals surface area contributed by atoms with Crippen LogP contribution in [0.1, 0.15) is 24.8 Å². The highest BCUT2D eigenvalue weighted by Crippen LogP contribution is 2.36. The number of rotatable bonds is 4. The molecule has 0 aliphatic heterocycles. The van der Waals surface area contributed by atoms with E-state index < -0.39 is 10.3 Å². The number of nitro groups is 1. The lowest BCUT2D eigenvalue weighted by atomic mass is 9.85. The number of halogens is 1. The lowest BCUT2D eigenvalue weighted by molar-refractivity contribution is -0.380. The van der Waals surface area contributed by atoms with Crippen LogP contribution in [-0.4, -0.2) is 16.6 Å². The smallest absolute Gasteiger partial charge is 0.324 e. The molecule has 0 saturated heterocycles. The first-order valence-corrected chi connectivity index (χ1v) is 5.30. The van der Waals surface area contributed by atoms with Gasteiger partial charge in [0.1, 0.15) is 0 Å². The van der Waals surface area contributed by atoms with Crippen LogP contribution in [0.3, 0.4) is 0 Å². The lowest BCUT2D eigenvalue weighted by Crippen LogP contribution is -2.31. The van der Waals surface area contributed by atoms with E-state index in [2.05, 4.69) is 0 Å². The van der Waals surface area contributed by atoms with E-state index >= 15 is 0 Å². The van der Waals surface area contributed by atoms with Crippen LogP contribution in [0, 0.1) is 15.5 Å². The molecule has 1 aromatic rings. The molecule has 1 aromatic heterocycles. The molecule has 7 heteroatoms. The highest BCUT2D eigenvalue weighted by molar-refractivity contribution is 7.15. The Kier molecular flexibility index (Phi) is 5.34. The van der Waals surface area contributed by atoms with Gasteiger partial charge >= 0.3 is 5.00 Å². The summed E-state index contributed by atoms with van der Waals surface area (Å²) in [5.74, 6) is 0. The van der Waals surface area contributed by atoms with Crippen molar-refractivity contribution in [1.29, 1.82) is 0 Å². The number of nitrogens with zero attached hydrogens (tertiary/aromatic N) is 1. The second-order valence-electron chi connectivity index (χ2n) is 4.06. The monoisotopic (exact) mass is 266 g/mol. The molecule has 0 aliphatic carbocycles. The van der Waals surface area contributed by atoms with Gasteiger partial charge in [0, 0.05) is 22.4 Å². The van der Waals surface area contributed by atoms with Gasteiger partial charge in [-0.15, -0.1) is 12.4 Å². The van der Waals surface area contributed by atoms with Crippen LogP contribution >= 0.6 is 23.7 Å². The van der Waals surface area contributed by atoms with Crippen LogP contribution in [0.5, 0.6) is 0 Å². The average molecular weight is 267 g/mol. The fourth-order valence-corrected chi connectivity index (χ4v) is 2.13. The number of aliphatic hydroxyl groups is 1. The van der Waals surface area contributed by atoms with E-state index in [-0.39, 0.29) is 30.1 Å². The van der Waals surface area contributed by atoms with Crippen molar-refractivity contribution in [2.24, 2.45) is 11.1 Å². The largest absolute Gasteiger partial charge is 0.396 e. The zero-order valence-electron chi connectivity index (χ0n) is 9.04. The fraction of sp³-hybridized carbons (Fsp3) is 0.556. The molecule has 92 valence electrons. The summed E-state index contributed by atoms with van der Waals surface area (Å²) >= 11 is 1.06. The van der Waals surface area contributed by atoms with Crippen molar-refractivity contribution < 1.29 is 10.0 Å². The van der Waals surface area contributed by atoms with Gasteiger partial charge in [-0.2, -0.15) is 0 Å². The van der Waals surface area contributed by atoms with E-state index in [4.69, 9.17) is 10.8 Å². The summed E-state index contributed by atoms with van der Waals surface area (Å²) in [6.07, 6.45) is 0. The molecule has 0 aromatic carbocycles. The molecule has 1 atom stereocenters. The highest BCUT2D eigenvalue weighted by atomic mass is 35.5. The SMILES string of the molecule is CC(C)(CO)[C@@H](N)c1ccc([N+](=O)[O-])s1.Cl. The quantitative estimate of drug-likeness (QED) is 0.645. The number of hydrogen-bond donors (Lipinski definition) is 2. The Balaban J connectivity index is 0.00000225. The molecule has 0 spiro atoms. The second-order valence-corrected chi connectivity index (χ2v) is 5.15. The first-order valence-electron chi connectivity index (χ1n) is 4.49. The summed E-state index contributed by atoms with van der Waals surface area (Å²) in [5.41, 5.74) is 5.45. The highest BCUT2D eigenvalue weighted by Gasteiger charge is 2.29. The first-order chi connectivity index (χ1) is 6.88. The third kappa shape index (κ3) is 3.15. The first kappa shape index (κ1) is 15.3. The predicted molar refractivity (Wildman–Crippen MR) is 66.0 cm³/mol. The lowest BCUT2D eigenvalue weighted by Gasteiger charge is -2.28. The summed E-state index contributed by atoms with van der Waals surface area (Å²) in [6, 6.07) is 2.69. The van der Waals surface area contributed by atoms with E-state index in [1.54, 1.807) is 6.07 Å². The molecule has 0 unspecified atom stereocenters. The minimum absolute atomic E-state index is 0. The number of aliphatic hydroxyl groups excluding tert-OH is 1. The molecule has 0 bridgehead atoms. The van der Waals surface area contributed by atoms with E-state index in [0.29, 0.717) is 0 Å². The zero-order chi connectivity index (χ0) is 11.6. The standard InChI is InChI=1S/C9H14N2O3S.ClH/c1-9(2,5-12)8(10)6-3-4-7(15-6)11(13)14;/h3-4,8,12H,5,10H2,1-2H3;1H/t8-;/m0./s1. The predicted octanol–water partition coefficient (Wildman–Crippen LogP) is 2.10. The molecule has 1 heterocycles. The summed E-state index contributed by atoms with van der Waals surface area (Å²) in [7, 11) is 0. The maximum atomic E-state index is 10.5. The van der Waals surface area contributed by atoms with E-state index in [0.717, 1.165) is 16.2 Å². The number of thiophene rings is 1. The van der Waals surface area contributed by atoms with Crippen LogP contribution in [0.4, 0.5) is 5.00 Å².